The molecule has 1 fully saturated rings. The van der Waals surface area contributed by atoms with Crippen molar-refractivity contribution in [3.05, 3.63) is 35.9 Å². The molecule has 1 saturated heterocycles. The van der Waals surface area contributed by atoms with E-state index in [9.17, 15) is 0 Å². The third-order valence-corrected chi connectivity index (χ3v) is 3.92. The molecule has 4 heteroatoms. The molecule has 4 nitrogen and oxygen atoms in total. The second-order valence-electron chi connectivity index (χ2n) is 5.99. The number of methoxy groups -OCH3 is 1. The van der Waals surface area contributed by atoms with Gasteiger partial charge in [0.15, 0.2) is 0 Å². The van der Waals surface area contributed by atoms with Crippen LogP contribution in [0.1, 0.15) is 12.0 Å². The summed E-state index contributed by atoms with van der Waals surface area (Å²) in [5.74, 6) is 0.921. The number of benzene rings is 1. The Morgan fingerprint density at radius 3 is 2.95 bits per heavy atom. The van der Waals surface area contributed by atoms with Crippen molar-refractivity contribution in [2.45, 2.75) is 12.5 Å². The first kappa shape index (κ1) is 17.0. The Morgan fingerprint density at radius 2 is 2.18 bits per heavy atom. The predicted molar refractivity (Wildman–Crippen MR) is 91.4 cm³/mol. The van der Waals surface area contributed by atoms with Gasteiger partial charge in [0, 0.05) is 31.7 Å². The summed E-state index contributed by atoms with van der Waals surface area (Å²) in [6.07, 6.45) is 5.81. The van der Waals surface area contributed by atoms with Gasteiger partial charge in [-0.15, -0.1) is 0 Å². The summed E-state index contributed by atoms with van der Waals surface area (Å²) < 4.78 is 11.2. The van der Waals surface area contributed by atoms with Crippen molar-refractivity contribution >= 4 is 6.08 Å². The average molecular weight is 304 g/mol. The standard InChI is InChI=1S/C18H28N2O2/c1-19(2)12-10-17-15-20(13-14-22-17)11-6-8-16-7-4-5-9-18(16)21-3/h4-9,17H,10-15H2,1-3H3. The Labute approximate surface area is 134 Å². The average Bonchev–Trinajstić information content (AvgIpc) is 2.54. The van der Waals surface area contributed by atoms with Crippen LogP contribution in [0.3, 0.4) is 0 Å². The smallest absolute Gasteiger partial charge is 0.126 e. The Kier molecular flexibility index (Phi) is 6.90. The number of morpholine rings is 1. The van der Waals surface area contributed by atoms with Gasteiger partial charge in [0.05, 0.1) is 19.8 Å². The van der Waals surface area contributed by atoms with E-state index in [1.807, 2.05) is 18.2 Å². The van der Waals surface area contributed by atoms with E-state index in [-0.39, 0.29) is 0 Å². The molecular weight excluding hydrogens is 276 g/mol. The molecule has 1 unspecified atom stereocenters. The number of hydrogen-bond donors (Lipinski definition) is 0. The van der Waals surface area contributed by atoms with Crippen LogP contribution >= 0.6 is 0 Å². The summed E-state index contributed by atoms with van der Waals surface area (Å²) in [5, 5.41) is 0. The van der Waals surface area contributed by atoms with Gasteiger partial charge in [-0.05, 0) is 26.6 Å². The summed E-state index contributed by atoms with van der Waals surface area (Å²) in [5.41, 5.74) is 1.13. The van der Waals surface area contributed by atoms with Gasteiger partial charge in [0.25, 0.3) is 0 Å². The fourth-order valence-corrected chi connectivity index (χ4v) is 2.66. The monoisotopic (exact) mass is 304 g/mol. The second kappa shape index (κ2) is 8.93. The molecular formula is C18H28N2O2. The minimum absolute atomic E-state index is 0.357. The number of para-hydroxylation sites is 1. The summed E-state index contributed by atoms with van der Waals surface area (Å²) in [4.78, 5) is 4.67. The molecule has 0 aromatic heterocycles. The van der Waals surface area contributed by atoms with E-state index in [1.54, 1.807) is 7.11 Å². The highest BCUT2D eigenvalue weighted by atomic mass is 16.5. The van der Waals surface area contributed by atoms with Crippen LogP contribution in [0, 0.1) is 0 Å². The lowest BCUT2D eigenvalue weighted by Crippen LogP contribution is -2.43. The molecule has 0 saturated carbocycles. The Hall–Kier alpha value is -1.36. The number of nitrogens with zero attached hydrogens (tertiary/aromatic N) is 2. The van der Waals surface area contributed by atoms with Gasteiger partial charge >= 0.3 is 0 Å². The Balaban J connectivity index is 1.81. The minimum Gasteiger partial charge on any atom is -0.496 e. The maximum absolute atomic E-state index is 5.85. The molecule has 0 aliphatic carbocycles. The lowest BCUT2D eigenvalue weighted by Gasteiger charge is -2.32. The molecule has 22 heavy (non-hydrogen) atoms. The van der Waals surface area contributed by atoms with Crippen LogP contribution in [-0.4, -0.2) is 69.9 Å². The Morgan fingerprint density at radius 1 is 1.36 bits per heavy atom. The van der Waals surface area contributed by atoms with Crippen molar-refractivity contribution in [2.75, 3.05) is 54.0 Å². The first-order valence-electron chi connectivity index (χ1n) is 7.97. The fraction of sp³-hybridized carbons (Fsp3) is 0.556. The third-order valence-electron chi connectivity index (χ3n) is 3.92. The molecule has 1 aromatic rings. The lowest BCUT2D eigenvalue weighted by atomic mass is 10.1. The molecule has 1 heterocycles. The normalized spacial score (nSPS) is 19.9. The van der Waals surface area contributed by atoms with E-state index in [0.717, 1.165) is 50.5 Å². The predicted octanol–water partition coefficient (Wildman–Crippen LogP) is 2.36. The first-order valence-corrected chi connectivity index (χ1v) is 7.97. The molecule has 0 radical (unpaired) electrons. The number of rotatable bonds is 7. The first-order chi connectivity index (χ1) is 10.7. The van der Waals surface area contributed by atoms with E-state index in [4.69, 9.17) is 9.47 Å². The van der Waals surface area contributed by atoms with E-state index in [0.29, 0.717) is 6.10 Å². The second-order valence-corrected chi connectivity index (χ2v) is 5.99. The van der Waals surface area contributed by atoms with Crippen molar-refractivity contribution in [1.82, 2.24) is 9.80 Å². The van der Waals surface area contributed by atoms with Gasteiger partial charge in [-0.1, -0.05) is 30.4 Å². The van der Waals surface area contributed by atoms with Gasteiger partial charge in [-0.25, -0.2) is 0 Å². The van der Waals surface area contributed by atoms with E-state index < -0.39 is 0 Å². The molecule has 2 rings (SSSR count). The summed E-state index contributed by atoms with van der Waals surface area (Å²) >= 11 is 0. The summed E-state index contributed by atoms with van der Waals surface area (Å²) in [6.45, 7) is 4.90. The van der Waals surface area contributed by atoms with Crippen LogP contribution in [0.15, 0.2) is 30.3 Å². The summed E-state index contributed by atoms with van der Waals surface area (Å²) in [6, 6.07) is 8.10. The van der Waals surface area contributed by atoms with Crippen LogP contribution < -0.4 is 4.74 Å². The highest BCUT2D eigenvalue weighted by molar-refractivity contribution is 5.57. The molecule has 1 atom stereocenters. The Bertz CT molecular complexity index is 474. The van der Waals surface area contributed by atoms with Crippen molar-refractivity contribution in [3.8, 4) is 5.75 Å². The number of ether oxygens (including phenoxy) is 2. The molecule has 1 aliphatic rings. The van der Waals surface area contributed by atoms with E-state index in [1.165, 1.54) is 0 Å². The van der Waals surface area contributed by atoms with Crippen LogP contribution in [0.2, 0.25) is 0 Å². The maximum Gasteiger partial charge on any atom is 0.126 e. The van der Waals surface area contributed by atoms with E-state index in [2.05, 4.69) is 42.1 Å². The van der Waals surface area contributed by atoms with Gasteiger partial charge in [-0.3, -0.25) is 4.90 Å². The highest BCUT2D eigenvalue weighted by Crippen LogP contribution is 2.18. The van der Waals surface area contributed by atoms with Gasteiger partial charge in [-0.2, -0.15) is 0 Å². The quantitative estimate of drug-likeness (QED) is 0.772. The molecule has 1 aromatic carbocycles. The van der Waals surface area contributed by atoms with Crippen LogP contribution in [0.25, 0.3) is 6.08 Å². The highest BCUT2D eigenvalue weighted by Gasteiger charge is 2.19. The largest absolute Gasteiger partial charge is 0.496 e. The molecule has 0 bridgehead atoms. The van der Waals surface area contributed by atoms with E-state index >= 15 is 0 Å². The third kappa shape index (κ3) is 5.44. The van der Waals surface area contributed by atoms with Crippen molar-refractivity contribution < 1.29 is 9.47 Å². The van der Waals surface area contributed by atoms with Crippen LogP contribution in [0.5, 0.6) is 5.75 Å². The molecule has 1 aliphatic heterocycles. The molecule has 0 spiro atoms. The molecule has 122 valence electrons. The topological polar surface area (TPSA) is 24.9 Å². The lowest BCUT2D eigenvalue weighted by molar-refractivity contribution is -0.0304. The van der Waals surface area contributed by atoms with Gasteiger partial charge in [0.1, 0.15) is 5.75 Å². The van der Waals surface area contributed by atoms with Crippen molar-refractivity contribution in [3.63, 3.8) is 0 Å². The van der Waals surface area contributed by atoms with Crippen LogP contribution in [-0.2, 0) is 4.74 Å². The summed E-state index contributed by atoms with van der Waals surface area (Å²) in [7, 11) is 5.93. The number of hydrogen-bond acceptors (Lipinski definition) is 4. The zero-order valence-corrected chi connectivity index (χ0v) is 14.0. The minimum atomic E-state index is 0.357. The zero-order valence-electron chi connectivity index (χ0n) is 14.0. The zero-order chi connectivity index (χ0) is 15.8. The molecule has 0 N–H and O–H groups in total. The van der Waals surface area contributed by atoms with Crippen molar-refractivity contribution in [2.24, 2.45) is 0 Å². The maximum atomic E-state index is 5.85. The van der Waals surface area contributed by atoms with Crippen molar-refractivity contribution in [1.29, 1.82) is 0 Å². The fourth-order valence-electron chi connectivity index (χ4n) is 2.66. The van der Waals surface area contributed by atoms with Crippen LogP contribution in [0.4, 0.5) is 0 Å². The SMILES string of the molecule is COc1ccccc1C=CCN1CCOC(CCN(C)C)C1. The van der Waals surface area contributed by atoms with Gasteiger partial charge < -0.3 is 14.4 Å². The van der Waals surface area contributed by atoms with Gasteiger partial charge in [0.2, 0.25) is 0 Å². The molecule has 0 amide bonds.